The Hall–Kier alpha value is -2.54. The average molecular weight is 393 g/mol. The van der Waals surface area contributed by atoms with Crippen LogP contribution in [0.3, 0.4) is 0 Å². The maximum atomic E-state index is 13.1. The summed E-state index contributed by atoms with van der Waals surface area (Å²) in [6, 6.07) is 12.0. The molecule has 0 radical (unpaired) electrons. The highest BCUT2D eigenvalue weighted by Gasteiger charge is 2.33. The Morgan fingerprint density at radius 2 is 1.82 bits per heavy atom. The number of alkyl halides is 3. The van der Waals surface area contributed by atoms with E-state index in [1.807, 2.05) is 30.3 Å². The van der Waals surface area contributed by atoms with Gasteiger partial charge in [-0.3, -0.25) is 0 Å². The van der Waals surface area contributed by atoms with Gasteiger partial charge in [0.15, 0.2) is 0 Å². The van der Waals surface area contributed by atoms with E-state index in [-0.39, 0.29) is 23.4 Å². The molecule has 3 rings (SSSR count). The van der Waals surface area contributed by atoms with Gasteiger partial charge in [0.05, 0.1) is 29.9 Å². The van der Waals surface area contributed by atoms with Gasteiger partial charge in [-0.15, -0.1) is 0 Å². The van der Waals surface area contributed by atoms with Gasteiger partial charge in [0.1, 0.15) is 0 Å². The Kier molecular flexibility index (Phi) is 6.24. The van der Waals surface area contributed by atoms with Crippen molar-refractivity contribution < 1.29 is 27.8 Å². The van der Waals surface area contributed by atoms with Crippen molar-refractivity contribution in [1.29, 1.82) is 0 Å². The van der Waals surface area contributed by atoms with E-state index in [0.29, 0.717) is 13.0 Å². The van der Waals surface area contributed by atoms with E-state index in [2.05, 4.69) is 5.32 Å². The monoisotopic (exact) mass is 393 g/mol. The third kappa shape index (κ3) is 5.04. The Morgan fingerprint density at radius 3 is 2.50 bits per heavy atom. The second-order valence-electron chi connectivity index (χ2n) is 6.93. The van der Waals surface area contributed by atoms with E-state index in [1.54, 1.807) is 0 Å². The molecule has 7 heteroatoms. The highest BCUT2D eigenvalue weighted by Crippen LogP contribution is 2.34. The van der Waals surface area contributed by atoms with Crippen LogP contribution >= 0.6 is 0 Å². The average Bonchev–Trinajstić information content (AvgIpc) is 2.67. The van der Waals surface area contributed by atoms with Crippen LogP contribution in [0, 0.1) is 0 Å². The number of hydrogen-bond donors (Lipinski definition) is 2. The largest absolute Gasteiger partial charge is 0.478 e. The van der Waals surface area contributed by atoms with Crippen molar-refractivity contribution >= 4 is 11.7 Å². The number of carboxylic acids is 1. The molecule has 28 heavy (non-hydrogen) atoms. The van der Waals surface area contributed by atoms with Gasteiger partial charge in [-0.25, -0.2) is 4.79 Å². The molecule has 0 heterocycles. The summed E-state index contributed by atoms with van der Waals surface area (Å²) in [5.74, 6) is -1.27. The molecule has 150 valence electrons. The zero-order chi connectivity index (χ0) is 20.1. The number of carbonyl (C=O) groups is 1. The predicted molar refractivity (Wildman–Crippen MR) is 99.3 cm³/mol. The number of carboxylic acid groups (broad SMARTS) is 1. The van der Waals surface area contributed by atoms with E-state index >= 15 is 0 Å². The summed E-state index contributed by atoms with van der Waals surface area (Å²) in [5, 5.41) is 12.4. The predicted octanol–water partition coefficient (Wildman–Crippen LogP) is 5.34. The highest BCUT2D eigenvalue weighted by molar-refractivity contribution is 5.94. The van der Waals surface area contributed by atoms with Crippen LogP contribution < -0.4 is 5.32 Å². The van der Waals surface area contributed by atoms with Crippen LogP contribution in [0.5, 0.6) is 0 Å². The molecule has 0 aliphatic heterocycles. The van der Waals surface area contributed by atoms with Crippen LogP contribution in [0.4, 0.5) is 18.9 Å². The van der Waals surface area contributed by atoms with Crippen molar-refractivity contribution in [3.63, 3.8) is 0 Å². The molecule has 1 aliphatic rings. The molecule has 0 unspecified atom stereocenters. The third-order valence-electron chi connectivity index (χ3n) is 4.93. The van der Waals surface area contributed by atoms with Gasteiger partial charge in [-0.2, -0.15) is 13.2 Å². The third-order valence-corrected chi connectivity index (χ3v) is 4.93. The van der Waals surface area contributed by atoms with E-state index < -0.39 is 17.7 Å². The molecule has 0 amide bonds. The van der Waals surface area contributed by atoms with Crippen LogP contribution in [0.2, 0.25) is 0 Å². The van der Waals surface area contributed by atoms with E-state index in [9.17, 15) is 23.1 Å². The van der Waals surface area contributed by atoms with E-state index in [4.69, 9.17) is 4.74 Å². The van der Waals surface area contributed by atoms with Crippen LogP contribution in [-0.2, 0) is 17.5 Å². The summed E-state index contributed by atoms with van der Waals surface area (Å²) in [7, 11) is 0. The van der Waals surface area contributed by atoms with E-state index in [1.165, 1.54) is 0 Å². The van der Waals surface area contributed by atoms with Crippen molar-refractivity contribution in [3.05, 3.63) is 65.2 Å². The maximum absolute atomic E-state index is 13.1. The van der Waals surface area contributed by atoms with Gasteiger partial charge < -0.3 is 15.2 Å². The summed E-state index contributed by atoms with van der Waals surface area (Å²) in [5.41, 5.74) is -0.0717. The van der Waals surface area contributed by atoms with Crippen molar-refractivity contribution in [2.75, 3.05) is 5.32 Å². The summed E-state index contributed by atoms with van der Waals surface area (Å²) >= 11 is 0. The number of rotatable bonds is 6. The van der Waals surface area contributed by atoms with Crippen molar-refractivity contribution in [3.8, 4) is 0 Å². The van der Waals surface area contributed by atoms with Gasteiger partial charge >= 0.3 is 12.1 Å². The minimum atomic E-state index is -4.54. The molecule has 0 saturated heterocycles. The van der Waals surface area contributed by atoms with E-state index in [0.717, 1.165) is 43.0 Å². The van der Waals surface area contributed by atoms with Gasteiger partial charge in [0.2, 0.25) is 0 Å². The number of anilines is 1. The Balaban J connectivity index is 1.78. The number of ether oxygens (including phenoxy) is 1. The second kappa shape index (κ2) is 8.65. The van der Waals surface area contributed by atoms with Crippen LogP contribution in [0.25, 0.3) is 0 Å². The fourth-order valence-electron chi connectivity index (χ4n) is 3.47. The standard InChI is InChI=1S/C21H22F3NO3/c22-21(23,24)15-10-11-16(20(26)27)18(12-15)25-17-8-4-5-9-19(17)28-13-14-6-2-1-3-7-14/h1-3,6-7,10-12,17,19,25H,4-5,8-9,13H2,(H,26,27)/t17-,19-/m0/s1. The van der Waals surface area contributed by atoms with Gasteiger partial charge in [-0.1, -0.05) is 43.2 Å². The van der Waals surface area contributed by atoms with Gasteiger partial charge in [-0.05, 0) is 36.6 Å². The van der Waals surface area contributed by atoms with Crippen LogP contribution in [0.1, 0.15) is 47.2 Å². The Bertz CT molecular complexity index is 808. The molecule has 0 bridgehead atoms. The molecule has 4 nitrogen and oxygen atoms in total. The molecule has 1 saturated carbocycles. The minimum absolute atomic E-state index is 0.0254. The van der Waals surface area contributed by atoms with Crippen molar-refractivity contribution in [2.45, 2.75) is 50.6 Å². The molecule has 1 aliphatic carbocycles. The topological polar surface area (TPSA) is 58.6 Å². The van der Waals surface area contributed by atoms with Crippen molar-refractivity contribution in [1.82, 2.24) is 0 Å². The summed E-state index contributed by atoms with van der Waals surface area (Å²) in [6.07, 6.45) is -1.40. The Labute approximate surface area is 161 Å². The number of benzene rings is 2. The number of aromatic carboxylic acids is 1. The number of halogens is 3. The summed E-state index contributed by atoms with van der Waals surface area (Å²) in [6.45, 7) is 0.401. The smallest absolute Gasteiger partial charge is 0.416 e. The zero-order valence-corrected chi connectivity index (χ0v) is 15.2. The first-order valence-corrected chi connectivity index (χ1v) is 9.21. The molecular weight excluding hydrogens is 371 g/mol. The number of hydrogen-bond acceptors (Lipinski definition) is 3. The lowest BCUT2D eigenvalue weighted by atomic mass is 9.91. The minimum Gasteiger partial charge on any atom is -0.478 e. The van der Waals surface area contributed by atoms with Crippen LogP contribution in [0.15, 0.2) is 48.5 Å². The normalized spacial score (nSPS) is 20.0. The van der Waals surface area contributed by atoms with Crippen LogP contribution in [-0.4, -0.2) is 23.2 Å². The van der Waals surface area contributed by atoms with Gasteiger partial charge in [0.25, 0.3) is 0 Å². The molecule has 2 aromatic carbocycles. The Morgan fingerprint density at radius 1 is 1.11 bits per heavy atom. The lowest BCUT2D eigenvalue weighted by Crippen LogP contribution is -2.38. The zero-order valence-electron chi connectivity index (χ0n) is 15.2. The molecule has 0 aromatic heterocycles. The molecule has 2 atom stereocenters. The molecule has 0 spiro atoms. The first-order chi connectivity index (χ1) is 13.3. The molecule has 2 N–H and O–H groups in total. The molecule has 1 fully saturated rings. The summed E-state index contributed by atoms with van der Waals surface area (Å²) in [4.78, 5) is 11.5. The SMILES string of the molecule is O=C(O)c1ccc(C(F)(F)F)cc1N[C@H]1CCCC[C@@H]1OCc1ccccc1. The fourth-order valence-corrected chi connectivity index (χ4v) is 3.47. The molecule has 2 aromatic rings. The lowest BCUT2D eigenvalue weighted by Gasteiger charge is -2.33. The fraction of sp³-hybridized carbons (Fsp3) is 0.381. The molecular formula is C21H22F3NO3. The second-order valence-corrected chi connectivity index (χ2v) is 6.93. The number of nitrogens with one attached hydrogen (secondary N) is 1. The first kappa shape index (κ1) is 20.2. The quantitative estimate of drug-likeness (QED) is 0.695. The first-order valence-electron chi connectivity index (χ1n) is 9.21. The van der Waals surface area contributed by atoms with Gasteiger partial charge in [0, 0.05) is 5.69 Å². The lowest BCUT2D eigenvalue weighted by molar-refractivity contribution is -0.137. The highest BCUT2D eigenvalue weighted by atomic mass is 19.4. The van der Waals surface area contributed by atoms with Crippen molar-refractivity contribution in [2.24, 2.45) is 0 Å². The summed E-state index contributed by atoms with van der Waals surface area (Å²) < 4.78 is 45.2. The maximum Gasteiger partial charge on any atom is 0.416 e.